The van der Waals surface area contributed by atoms with E-state index in [9.17, 15) is 22.4 Å². The number of thiophene rings is 1. The lowest BCUT2D eigenvalue weighted by Crippen LogP contribution is -2.31. The van der Waals surface area contributed by atoms with Crippen LogP contribution in [0.2, 0.25) is 0 Å². The highest BCUT2D eigenvalue weighted by Crippen LogP contribution is 2.18. The maximum Gasteiger partial charge on any atom is 0.307 e. The van der Waals surface area contributed by atoms with Gasteiger partial charge in [-0.15, -0.1) is 11.3 Å². The molecule has 0 radical (unpaired) electrons. The van der Waals surface area contributed by atoms with Gasteiger partial charge in [0.25, 0.3) is 5.91 Å². The van der Waals surface area contributed by atoms with Crippen LogP contribution in [0.4, 0.5) is 4.39 Å². The van der Waals surface area contributed by atoms with Crippen molar-refractivity contribution in [3.63, 3.8) is 0 Å². The minimum absolute atomic E-state index is 0.0748. The van der Waals surface area contributed by atoms with Gasteiger partial charge in [0, 0.05) is 4.88 Å². The lowest BCUT2D eigenvalue weighted by molar-refractivity contribution is -0.148. The Kier molecular flexibility index (Phi) is 6.87. The van der Waals surface area contributed by atoms with E-state index in [0.717, 1.165) is 29.1 Å². The Balaban J connectivity index is 1.76. The van der Waals surface area contributed by atoms with Crippen molar-refractivity contribution >= 4 is 33.1 Å². The molecule has 0 saturated heterocycles. The second-order valence-corrected chi connectivity index (χ2v) is 8.58. The number of ether oxygens (including phenoxy) is 1. The van der Waals surface area contributed by atoms with Crippen LogP contribution in [-0.4, -0.2) is 32.7 Å². The molecule has 0 aliphatic heterocycles. The van der Waals surface area contributed by atoms with Crippen LogP contribution in [0.1, 0.15) is 24.3 Å². The molecular weight excluding hydrogens is 381 g/mol. The summed E-state index contributed by atoms with van der Waals surface area (Å²) in [5, 5.41) is 4.57. The van der Waals surface area contributed by atoms with Crippen molar-refractivity contribution in [2.24, 2.45) is 0 Å². The highest BCUT2D eigenvalue weighted by Gasteiger charge is 2.18. The predicted molar refractivity (Wildman–Crippen MR) is 94.9 cm³/mol. The molecule has 0 unspecified atom stereocenters. The van der Waals surface area contributed by atoms with Gasteiger partial charge in [-0.2, -0.15) is 0 Å². The van der Waals surface area contributed by atoms with Gasteiger partial charge in [-0.1, -0.05) is 6.07 Å². The molecule has 9 heteroatoms. The summed E-state index contributed by atoms with van der Waals surface area (Å²) in [6.45, 7) is 1.33. The first-order valence-corrected chi connectivity index (χ1v) is 10.3. The zero-order chi connectivity index (χ0) is 19.2. The number of carbonyl (C=O) groups is 2. The van der Waals surface area contributed by atoms with Crippen LogP contribution in [0.3, 0.4) is 0 Å². The van der Waals surface area contributed by atoms with E-state index < -0.39 is 46.3 Å². The fourth-order valence-corrected chi connectivity index (χ4v) is 4.04. The van der Waals surface area contributed by atoms with E-state index in [0.29, 0.717) is 0 Å². The molecular formula is C17H18FNO5S2. The van der Waals surface area contributed by atoms with Crippen LogP contribution in [0.25, 0.3) is 0 Å². The van der Waals surface area contributed by atoms with Crippen molar-refractivity contribution in [1.82, 2.24) is 5.32 Å². The minimum Gasteiger partial charge on any atom is -0.456 e. The van der Waals surface area contributed by atoms with Gasteiger partial charge in [0.2, 0.25) is 0 Å². The molecule has 6 nitrogen and oxygen atoms in total. The van der Waals surface area contributed by atoms with Gasteiger partial charge < -0.3 is 10.1 Å². The summed E-state index contributed by atoms with van der Waals surface area (Å²) in [7, 11) is -3.73. The molecule has 1 heterocycles. The van der Waals surface area contributed by atoms with Crippen LogP contribution >= 0.6 is 11.3 Å². The van der Waals surface area contributed by atoms with E-state index in [1.165, 1.54) is 11.3 Å². The van der Waals surface area contributed by atoms with E-state index in [2.05, 4.69) is 5.32 Å². The molecule has 0 saturated carbocycles. The smallest absolute Gasteiger partial charge is 0.307 e. The third kappa shape index (κ3) is 5.92. The quantitative estimate of drug-likeness (QED) is 0.544. The second-order valence-electron chi connectivity index (χ2n) is 5.49. The van der Waals surface area contributed by atoms with Crippen LogP contribution in [0.15, 0.2) is 46.7 Å². The zero-order valence-electron chi connectivity index (χ0n) is 14.0. The van der Waals surface area contributed by atoms with Gasteiger partial charge in [0.15, 0.2) is 16.4 Å². The predicted octanol–water partition coefficient (Wildman–Crippen LogP) is 2.47. The monoisotopic (exact) mass is 399 g/mol. The van der Waals surface area contributed by atoms with Crippen molar-refractivity contribution in [1.29, 1.82) is 0 Å². The van der Waals surface area contributed by atoms with Crippen LogP contribution in [0.5, 0.6) is 0 Å². The third-order valence-electron chi connectivity index (χ3n) is 3.46. The first kappa shape index (κ1) is 20.1. The average Bonchev–Trinajstić information content (AvgIpc) is 3.13. The third-order valence-corrected chi connectivity index (χ3v) is 6.25. The van der Waals surface area contributed by atoms with Crippen LogP contribution < -0.4 is 5.32 Å². The topological polar surface area (TPSA) is 89.5 Å². The van der Waals surface area contributed by atoms with Crippen LogP contribution in [0, 0.1) is 5.82 Å². The maximum absolute atomic E-state index is 12.8. The van der Waals surface area contributed by atoms with Gasteiger partial charge in [0.1, 0.15) is 5.82 Å². The molecule has 1 aromatic heterocycles. The summed E-state index contributed by atoms with van der Waals surface area (Å²) in [6, 6.07) is 7.87. The molecule has 0 aliphatic rings. The molecule has 1 aromatic carbocycles. The Hall–Kier alpha value is -2.26. The van der Waals surface area contributed by atoms with Crippen molar-refractivity contribution < 1.29 is 27.1 Å². The van der Waals surface area contributed by atoms with Gasteiger partial charge in [-0.05, 0) is 42.6 Å². The number of halogens is 1. The molecule has 0 fully saturated rings. The summed E-state index contributed by atoms with van der Waals surface area (Å²) in [5.74, 6) is -2.30. The number of amides is 1. The first-order valence-electron chi connectivity index (χ1n) is 7.74. The minimum atomic E-state index is -3.73. The fourth-order valence-electron chi connectivity index (χ4n) is 2.09. The summed E-state index contributed by atoms with van der Waals surface area (Å²) in [4.78, 5) is 24.3. The van der Waals surface area contributed by atoms with E-state index >= 15 is 0 Å². The van der Waals surface area contributed by atoms with Crippen LogP contribution in [-0.2, 0) is 24.2 Å². The fraction of sp³-hybridized carbons (Fsp3) is 0.294. The number of rotatable bonds is 8. The summed E-state index contributed by atoms with van der Waals surface area (Å²) >= 11 is 1.49. The van der Waals surface area contributed by atoms with Crippen molar-refractivity contribution in [3.05, 3.63) is 52.5 Å². The van der Waals surface area contributed by atoms with E-state index in [1.807, 2.05) is 17.5 Å². The highest BCUT2D eigenvalue weighted by molar-refractivity contribution is 7.91. The molecule has 1 amide bonds. The molecule has 2 rings (SSSR count). The molecule has 26 heavy (non-hydrogen) atoms. The number of esters is 1. The van der Waals surface area contributed by atoms with E-state index in [-0.39, 0.29) is 10.9 Å². The lowest BCUT2D eigenvalue weighted by Gasteiger charge is -2.12. The number of carbonyl (C=O) groups excluding carboxylic acids is 2. The van der Waals surface area contributed by atoms with Gasteiger partial charge in [-0.3, -0.25) is 9.59 Å². The largest absolute Gasteiger partial charge is 0.456 e. The number of hydrogen-bond donors (Lipinski definition) is 1. The van der Waals surface area contributed by atoms with E-state index in [1.54, 1.807) is 6.92 Å². The average molecular weight is 399 g/mol. The Labute approximate surface area is 154 Å². The Morgan fingerprint density at radius 1 is 1.23 bits per heavy atom. The maximum atomic E-state index is 12.8. The van der Waals surface area contributed by atoms with Crippen molar-refractivity contribution in [2.75, 3.05) is 12.4 Å². The molecule has 1 atom stereocenters. The Morgan fingerprint density at radius 2 is 1.92 bits per heavy atom. The SMILES string of the molecule is C[C@@H](NC(=O)COC(=O)CCS(=O)(=O)c1ccc(F)cc1)c1cccs1. The highest BCUT2D eigenvalue weighted by atomic mass is 32.2. The number of benzene rings is 1. The summed E-state index contributed by atoms with van der Waals surface area (Å²) in [6.07, 6.45) is -0.395. The number of sulfone groups is 1. The lowest BCUT2D eigenvalue weighted by atomic mass is 10.3. The van der Waals surface area contributed by atoms with Crippen molar-refractivity contribution in [3.8, 4) is 0 Å². The first-order chi connectivity index (χ1) is 12.3. The molecule has 1 N–H and O–H groups in total. The molecule has 0 spiro atoms. The molecule has 0 bridgehead atoms. The Morgan fingerprint density at radius 3 is 2.54 bits per heavy atom. The Bertz CT molecular complexity index is 848. The second kappa shape index (κ2) is 8.91. The number of nitrogens with one attached hydrogen (secondary N) is 1. The molecule has 0 aliphatic carbocycles. The zero-order valence-corrected chi connectivity index (χ0v) is 15.6. The standard InChI is InChI=1S/C17H18FNO5S2/c1-12(15-3-2-9-25-15)19-16(20)11-24-17(21)8-10-26(22,23)14-6-4-13(18)5-7-14/h2-7,9,12H,8,10-11H2,1H3,(H,19,20)/t12-/m1/s1. The normalized spacial score (nSPS) is 12.4. The van der Waals surface area contributed by atoms with Crippen molar-refractivity contribution in [2.45, 2.75) is 24.3 Å². The number of hydrogen-bond acceptors (Lipinski definition) is 6. The van der Waals surface area contributed by atoms with Gasteiger partial charge >= 0.3 is 5.97 Å². The molecule has 2 aromatic rings. The van der Waals surface area contributed by atoms with E-state index in [4.69, 9.17) is 4.74 Å². The molecule has 140 valence electrons. The summed E-state index contributed by atoms with van der Waals surface area (Å²) < 4.78 is 41.7. The van der Waals surface area contributed by atoms with Gasteiger partial charge in [-0.25, -0.2) is 12.8 Å². The van der Waals surface area contributed by atoms with Gasteiger partial charge in [0.05, 0.1) is 23.1 Å². The summed E-state index contributed by atoms with van der Waals surface area (Å²) in [5.41, 5.74) is 0.